The monoisotopic (exact) mass is 305 g/mol. The first kappa shape index (κ1) is 15.4. The lowest BCUT2D eigenvalue weighted by Crippen LogP contribution is -2.39. The van der Waals surface area contributed by atoms with Gasteiger partial charge < -0.3 is 10.1 Å². The number of ether oxygens (including phenoxy) is 1. The molecule has 0 spiro atoms. The highest BCUT2D eigenvalue weighted by Crippen LogP contribution is 2.40. The third-order valence-electron chi connectivity index (χ3n) is 4.70. The maximum Gasteiger partial charge on any atom is 0.0860 e. The molecule has 1 saturated carbocycles. The molecule has 2 atom stereocenters. The lowest BCUT2D eigenvalue weighted by molar-refractivity contribution is 0.0464. The van der Waals surface area contributed by atoms with Crippen molar-refractivity contribution in [2.75, 3.05) is 24.7 Å². The third kappa shape index (κ3) is 3.64. The molecule has 2 fully saturated rings. The number of rotatable bonds is 6. The van der Waals surface area contributed by atoms with Crippen molar-refractivity contribution in [2.45, 2.75) is 50.7 Å². The molecule has 2 nitrogen and oxygen atoms in total. The zero-order valence-corrected chi connectivity index (χ0v) is 13.8. The van der Waals surface area contributed by atoms with Gasteiger partial charge in [-0.05, 0) is 42.9 Å². The molecule has 1 aliphatic carbocycles. The van der Waals surface area contributed by atoms with Crippen LogP contribution in [0.4, 0.5) is 0 Å². The van der Waals surface area contributed by atoms with Gasteiger partial charge in [0.1, 0.15) is 0 Å². The summed E-state index contributed by atoms with van der Waals surface area (Å²) >= 11 is 2.03. The molecule has 0 radical (unpaired) electrons. The average molecular weight is 305 g/mol. The Labute approximate surface area is 133 Å². The number of thioether (sulfide) groups is 1. The van der Waals surface area contributed by atoms with E-state index in [9.17, 15) is 0 Å². The van der Waals surface area contributed by atoms with Gasteiger partial charge in [-0.3, -0.25) is 0 Å². The van der Waals surface area contributed by atoms with Crippen molar-refractivity contribution in [3.8, 4) is 0 Å². The lowest BCUT2D eigenvalue weighted by atomic mass is 9.76. The van der Waals surface area contributed by atoms with Crippen LogP contribution in [0.5, 0.6) is 0 Å². The second-order valence-corrected chi connectivity index (χ2v) is 7.32. The van der Waals surface area contributed by atoms with Gasteiger partial charge in [-0.1, -0.05) is 37.6 Å². The van der Waals surface area contributed by atoms with E-state index < -0.39 is 0 Å². The van der Waals surface area contributed by atoms with Crippen LogP contribution in [-0.2, 0) is 4.74 Å². The highest BCUT2D eigenvalue weighted by atomic mass is 32.2. The highest BCUT2D eigenvalue weighted by molar-refractivity contribution is 7.99. The molecule has 1 saturated heterocycles. The normalized spacial score (nSPS) is 24.5. The molecule has 1 N–H and O–H groups in total. The first-order valence-corrected chi connectivity index (χ1v) is 9.57. The molecule has 1 aromatic rings. The topological polar surface area (TPSA) is 21.3 Å². The van der Waals surface area contributed by atoms with Crippen molar-refractivity contribution in [3.05, 3.63) is 35.4 Å². The van der Waals surface area contributed by atoms with Gasteiger partial charge in [-0.2, -0.15) is 11.8 Å². The molecule has 0 amide bonds. The Hall–Kier alpha value is -0.510. The number of hydrogen-bond donors (Lipinski definition) is 1. The van der Waals surface area contributed by atoms with Crippen molar-refractivity contribution in [3.63, 3.8) is 0 Å². The molecule has 1 heterocycles. The van der Waals surface area contributed by atoms with E-state index in [1.165, 1.54) is 31.2 Å². The summed E-state index contributed by atoms with van der Waals surface area (Å²) in [6, 6.07) is 9.41. The summed E-state index contributed by atoms with van der Waals surface area (Å²) in [5, 5.41) is 3.76. The second kappa shape index (κ2) is 7.66. The fraction of sp³-hybridized carbons (Fsp3) is 0.667. The minimum absolute atomic E-state index is 0.316. The minimum atomic E-state index is 0.316. The van der Waals surface area contributed by atoms with Gasteiger partial charge in [0.15, 0.2) is 0 Å². The SMILES string of the molecule is CCCNC(c1ccccc1C1CCC1)C1CSCCO1. The van der Waals surface area contributed by atoms with Crippen LogP contribution in [0.3, 0.4) is 0 Å². The quantitative estimate of drug-likeness (QED) is 0.854. The molecule has 21 heavy (non-hydrogen) atoms. The standard InChI is InChI=1S/C18H27NOS/c1-2-10-19-18(17-13-21-12-11-20-17)16-9-4-3-8-15(16)14-6-5-7-14/h3-4,8-9,14,17-19H,2,5-7,10-13H2,1H3. The molecule has 3 heteroatoms. The summed E-state index contributed by atoms with van der Waals surface area (Å²) < 4.78 is 6.09. The summed E-state index contributed by atoms with van der Waals surface area (Å²) in [6.07, 6.45) is 5.59. The van der Waals surface area contributed by atoms with Gasteiger partial charge in [0.2, 0.25) is 0 Å². The van der Waals surface area contributed by atoms with Crippen LogP contribution >= 0.6 is 11.8 Å². The summed E-state index contributed by atoms with van der Waals surface area (Å²) in [6.45, 7) is 4.19. The van der Waals surface area contributed by atoms with Gasteiger partial charge in [-0.15, -0.1) is 0 Å². The fourth-order valence-electron chi connectivity index (χ4n) is 3.33. The fourth-order valence-corrected chi connectivity index (χ4v) is 4.23. The smallest absolute Gasteiger partial charge is 0.0860 e. The first-order chi connectivity index (χ1) is 10.4. The number of hydrogen-bond acceptors (Lipinski definition) is 3. The maximum atomic E-state index is 6.09. The summed E-state index contributed by atoms with van der Waals surface area (Å²) in [5.41, 5.74) is 3.06. The van der Waals surface area contributed by atoms with E-state index in [-0.39, 0.29) is 0 Å². The van der Waals surface area contributed by atoms with E-state index in [0.29, 0.717) is 12.1 Å². The Balaban J connectivity index is 1.84. The molecule has 2 aliphatic rings. The van der Waals surface area contributed by atoms with E-state index in [1.54, 1.807) is 5.56 Å². The van der Waals surface area contributed by atoms with Crippen LogP contribution in [-0.4, -0.2) is 30.8 Å². The molecule has 0 bridgehead atoms. The molecule has 1 aliphatic heterocycles. The molecule has 2 unspecified atom stereocenters. The third-order valence-corrected chi connectivity index (χ3v) is 5.72. The first-order valence-electron chi connectivity index (χ1n) is 8.41. The molecular weight excluding hydrogens is 278 g/mol. The van der Waals surface area contributed by atoms with Crippen LogP contribution in [0.2, 0.25) is 0 Å². The summed E-state index contributed by atoms with van der Waals surface area (Å²) in [4.78, 5) is 0. The van der Waals surface area contributed by atoms with Gasteiger partial charge in [0.05, 0.1) is 18.8 Å². The van der Waals surface area contributed by atoms with Crippen LogP contribution < -0.4 is 5.32 Å². The van der Waals surface area contributed by atoms with Crippen molar-refractivity contribution in [2.24, 2.45) is 0 Å². The zero-order chi connectivity index (χ0) is 14.5. The van der Waals surface area contributed by atoms with Gasteiger partial charge in [-0.25, -0.2) is 0 Å². The van der Waals surface area contributed by atoms with E-state index in [1.807, 2.05) is 11.8 Å². The van der Waals surface area contributed by atoms with Gasteiger partial charge >= 0.3 is 0 Å². The van der Waals surface area contributed by atoms with Crippen molar-refractivity contribution in [1.29, 1.82) is 0 Å². The Kier molecular flexibility index (Phi) is 5.61. The average Bonchev–Trinajstić information content (AvgIpc) is 2.48. The summed E-state index contributed by atoms with van der Waals surface area (Å²) in [7, 11) is 0. The molecule has 116 valence electrons. The van der Waals surface area contributed by atoms with Crippen LogP contribution in [0.1, 0.15) is 55.7 Å². The van der Waals surface area contributed by atoms with Crippen LogP contribution in [0.25, 0.3) is 0 Å². The summed E-state index contributed by atoms with van der Waals surface area (Å²) in [5.74, 6) is 3.03. The van der Waals surface area contributed by atoms with Gasteiger partial charge in [0, 0.05) is 11.5 Å². The van der Waals surface area contributed by atoms with Crippen molar-refractivity contribution < 1.29 is 4.74 Å². The van der Waals surface area contributed by atoms with E-state index >= 15 is 0 Å². The van der Waals surface area contributed by atoms with E-state index in [4.69, 9.17) is 4.74 Å². The minimum Gasteiger partial charge on any atom is -0.375 e. The van der Waals surface area contributed by atoms with Crippen LogP contribution in [0, 0.1) is 0 Å². The highest BCUT2D eigenvalue weighted by Gasteiger charge is 2.30. The van der Waals surface area contributed by atoms with E-state index in [2.05, 4.69) is 36.5 Å². The Morgan fingerprint density at radius 3 is 2.86 bits per heavy atom. The van der Waals surface area contributed by atoms with Crippen molar-refractivity contribution in [1.82, 2.24) is 5.32 Å². The molecule has 1 aromatic carbocycles. The predicted octanol–water partition coefficient (Wildman–Crippen LogP) is 4.13. The number of benzene rings is 1. The second-order valence-electron chi connectivity index (χ2n) is 6.17. The predicted molar refractivity (Wildman–Crippen MR) is 91.1 cm³/mol. The van der Waals surface area contributed by atoms with E-state index in [0.717, 1.165) is 30.6 Å². The number of nitrogens with one attached hydrogen (secondary N) is 1. The molecular formula is C18H27NOS. The zero-order valence-electron chi connectivity index (χ0n) is 13.0. The Morgan fingerprint density at radius 2 is 2.19 bits per heavy atom. The Bertz CT molecular complexity index is 441. The van der Waals surface area contributed by atoms with Crippen LogP contribution in [0.15, 0.2) is 24.3 Å². The molecule has 0 aromatic heterocycles. The van der Waals surface area contributed by atoms with Crippen molar-refractivity contribution >= 4 is 11.8 Å². The van der Waals surface area contributed by atoms with Gasteiger partial charge in [0.25, 0.3) is 0 Å². The Morgan fingerprint density at radius 1 is 1.33 bits per heavy atom. The molecule has 3 rings (SSSR count). The maximum absolute atomic E-state index is 6.09. The lowest BCUT2D eigenvalue weighted by Gasteiger charge is -2.35. The largest absolute Gasteiger partial charge is 0.375 e.